The van der Waals surface area contributed by atoms with Gasteiger partial charge in [-0.2, -0.15) is 5.26 Å². The molecule has 1 heterocycles. The highest BCUT2D eigenvalue weighted by Gasteiger charge is 2.03. The molecule has 0 aliphatic rings. The molecule has 0 aliphatic heterocycles. The van der Waals surface area contributed by atoms with Gasteiger partial charge in [-0.1, -0.05) is 41.9 Å². The van der Waals surface area contributed by atoms with Gasteiger partial charge in [0.15, 0.2) is 0 Å². The third kappa shape index (κ3) is 2.39. The minimum atomic E-state index is 0.349. The molecular formula is C13H9ClN2. The summed E-state index contributed by atoms with van der Waals surface area (Å²) in [6.07, 6.45) is 0.349. The summed E-state index contributed by atoms with van der Waals surface area (Å²) in [6, 6.07) is 15.5. The van der Waals surface area contributed by atoms with Crippen molar-refractivity contribution in [2.45, 2.75) is 6.42 Å². The van der Waals surface area contributed by atoms with Crippen LogP contribution in [0.2, 0.25) is 5.15 Å². The number of nitriles is 1. The van der Waals surface area contributed by atoms with E-state index in [9.17, 15) is 0 Å². The monoisotopic (exact) mass is 228 g/mol. The van der Waals surface area contributed by atoms with Gasteiger partial charge in [-0.25, -0.2) is 4.98 Å². The Balaban J connectivity index is 2.46. The summed E-state index contributed by atoms with van der Waals surface area (Å²) >= 11 is 5.92. The predicted octanol–water partition coefficient (Wildman–Crippen LogP) is 3.47. The average Bonchev–Trinajstić information content (AvgIpc) is 2.30. The molecule has 3 heteroatoms. The van der Waals surface area contributed by atoms with Crippen molar-refractivity contribution in [3.05, 3.63) is 53.2 Å². The van der Waals surface area contributed by atoms with Crippen molar-refractivity contribution in [2.24, 2.45) is 0 Å². The van der Waals surface area contributed by atoms with E-state index in [1.165, 1.54) is 0 Å². The van der Waals surface area contributed by atoms with Gasteiger partial charge in [0.25, 0.3) is 0 Å². The summed E-state index contributed by atoms with van der Waals surface area (Å²) in [4.78, 5) is 4.24. The maximum absolute atomic E-state index is 8.66. The van der Waals surface area contributed by atoms with Gasteiger partial charge in [-0.3, -0.25) is 0 Å². The quantitative estimate of drug-likeness (QED) is 0.738. The molecule has 0 radical (unpaired) electrons. The van der Waals surface area contributed by atoms with Gasteiger partial charge < -0.3 is 0 Å². The molecule has 1 aromatic carbocycles. The Bertz CT molecular complexity index is 529. The SMILES string of the molecule is N#CCc1cc(Cl)nc(-c2ccccc2)c1. The van der Waals surface area contributed by atoms with Crippen molar-refractivity contribution < 1.29 is 0 Å². The second-order valence-corrected chi connectivity index (χ2v) is 3.77. The number of pyridine rings is 1. The molecule has 0 fully saturated rings. The van der Waals surface area contributed by atoms with Crippen molar-refractivity contribution in [3.8, 4) is 17.3 Å². The number of aromatic nitrogens is 1. The first-order chi connectivity index (χ1) is 7.79. The molecule has 2 aromatic rings. The van der Waals surface area contributed by atoms with E-state index in [1.807, 2.05) is 36.4 Å². The molecule has 0 spiro atoms. The largest absolute Gasteiger partial charge is 0.236 e. The number of benzene rings is 1. The molecule has 1 aromatic heterocycles. The molecule has 78 valence electrons. The summed E-state index contributed by atoms with van der Waals surface area (Å²) in [5.41, 5.74) is 2.70. The molecule has 2 nitrogen and oxygen atoms in total. The van der Waals surface area contributed by atoms with E-state index >= 15 is 0 Å². The van der Waals surface area contributed by atoms with Crippen LogP contribution in [0.25, 0.3) is 11.3 Å². The predicted molar refractivity (Wildman–Crippen MR) is 64.0 cm³/mol. The number of rotatable bonds is 2. The molecule has 0 saturated heterocycles. The van der Waals surface area contributed by atoms with E-state index in [0.29, 0.717) is 11.6 Å². The number of nitrogens with zero attached hydrogens (tertiary/aromatic N) is 2. The van der Waals surface area contributed by atoms with Gasteiger partial charge >= 0.3 is 0 Å². The summed E-state index contributed by atoms with van der Waals surface area (Å²) in [7, 11) is 0. The van der Waals surface area contributed by atoms with Gasteiger partial charge in [0.2, 0.25) is 0 Å². The lowest BCUT2D eigenvalue weighted by Crippen LogP contribution is -1.89. The van der Waals surface area contributed by atoms with Crippen LogP contribution in [-0.2, 0) is 6.42 Å². The highest BCUT2D eigenvalue weighted by Crippen LogP contribution is 2.21. The highest BCUT2D eigenvalue weighted by molar-refractivity contribution is 6.29. The van der Waals surface area contributed by atoms with E-state index in [1.54, 1.807) is 6.07 Å². The van der Waals surface area contributed by atoms with Gasteiger partial charge in [-0.05, 0) is 17.7 Å². The Labute approximate surface area is 99.1 Å². The minimum Gasteiger partial charge on any atom is -0.236 e. The normalized spacial score (nSPS) is 9.75. The third-order valence-corrected chi connectivity index (χ3v) is 2.40. The Morgan fingerprint density at radius 1 is 1.19 bits per heavy atom. The van der Waals surface area contributed by atoms with Crippen molar-refractivity contribution >= 4 is 11.6 Å². The Morgan fingerprint density at radius 2 is 1.94 bits per heavy atom. The zero-order chi connectivity index (χ0) is 11.4. The molecule has 0 bridgehead atoms. The Morgan fingerprint density at radius 3 is 2.62 bits per heavy atom. The number of hydrogen-bond donors (Lipinski definition) is 0. The lowest BCUT2D eigenvalue weighted by molar-refractivity contribution is 1.21. The van der Waals surface area contributed by atoms with E-state index in [0.717, 1.165) is 16.8 Å². The first-order valence-electron chi connectivity index (χ1n) is 4.88. The average molecular weight is 229 g/mol. The van der Waals surface area contributed by atoms with Crippen LogP contribution in [0.1, 0.15) is 5.56 Å². The van der Waals surface area contributed by atoms with Gasteiger partial charge in [0, 0.05) is 5.56 Å². The van der Waals surface area contributed by atoms with Crippen LogP contribution >= 0.6 is 11.6 Å². The zero-order valence-corrected chi connectivity index (χ0v) is 9.28. The maximum Gasteiger partial charge on any atom is 0.130 e. The standard InChI is InChI=1S/C13H9ClN2/c14-13-9-10(6-7-15)8-12(16-13)11-4-2-1-3-5-11/h1-5,8-9H,6H2. The van der Waals surface area contributed by atoms with Crippen LogP contribution in [0.5, 0.6) is 0 Å². The Hall–Kier alpha value is -1.85. The van der Waals surface area contributed by atoms with Crippen molar-refractivity contribution in [2.75, 3.05) is 0 Å². The van der Waals surface area contributed by atoms with Gasteiger partial charge in [0.05, 0.1) is 18.2 Å². The van der Waals surface area contributed by atoms with Crippen LogP contribution in [0.3, 0.4) is 0 Å². The molecule has 0 amide bonds. The van der Waals surface area contributed by atoms with Gasteiger partial charge in [0.1, 0.15) is 5.15 Å². The van der Waals surface area contributed by atoms with E-state index in [-0.39, 0.29) is 0 Å². The van der Waals surface area contributed by atoms with E-state index < -0.39 is 0 Å². The molecule has 16 heavy (non-hydrogen) atoms. The maximum atomic E-state index is 8.66. The number of halogens is 1. The summed E-state index contributed by atoms with van der Waals surface area (Å²) < 4.78 is 0. The first kappa shape index (κ1) is 10.7. The lowest BCUT2D eigenvalue weighted by atomic mass is 10.1. The molecular weight excluding hydrogens is 220 g/mol. The fourth-order valence-corrected chi connectivity index (χ4v) is 1.73. The number of hydrogen-bond acceptors (Lipinski definition) is 2. The summed E-state index contributed by atoms with van der Waals surface area (Å²) in [5, 5.41) is 9.08. The van der Waals surface area contributed by atoms with Crippen LogP contribution in [0.15, 0.2) is 42.5 Å². The second-order valence-electron chi connectivity index (χ2n) is 3.38. The van der Waals surface area contributed by atoms with Crippen molar-refractivity contribution in [1.82, 2.24) is 4.98 Å². The topological polar surface area (TPSA) is 36.7 Å². The molecule has 0 atom stereocenters. The molecule has 2 rings (SSSR count). The fraction of sp³-hybridized carbons (Fsp3) is 0.0769. The molecule has 0 aliphatic carbocycles. The molecule has 0 N–H and O–H groups in total. The van der Waals surface area contributed by atoms with Crippen LogP contribution in [0, 0.1) is 11.3 Å². The molecule has 0 saturated carbocycles. The van der Waals surface area contributed by atoms with E-state index in [2.05, 4.69) is 11.1 Å². The van der Waals surface area contributed by atoms with Gasteiger partial charge in [-0.15, -0.1) is 0 Å². The highest BCUT2D eigenvalue weighted by atomic mass is 35.5. The van der Waals surface area contributed by atoms with Crippen molar-refractivity contribution in [1.29, 1.82) is 5.26 Å². The Kier molecular flexibility index (Phi) is 3.19. The van der Waals surface area contributed by atoms with E-state index in [4.69, 9.17) is 16.9 Å². The first-order valence-corrected chi connectivity index (χ1v) is 5.26. The summed E-state index contributed by atoms with van der Waals surface area (Å²) in [6.45, 7) is 0. The smallest absolute Gasteiger partial charge is 0.130 e. The van der Waals surface area contributed by atoms with Crippen LogP contribution in [0.4, 0.5) is 0 Å². The lowest BCUT2D eigenvalue weighted by Gasteiger charge is -2.03. The zero-order valence-electron chi connectivity index (χ0n) is 8.52. The second kappa shape index (κ2) is 4.78. The van der Waals surface area contributed by atoms with Crippen LogP contribution in [-0.4, -0.2) is 4.98 Å². The summed E-state index contributed by atoms with van der Waals surface area (Å²) in [5.74, 6) is 0. The fourth-order valence-electron chi connectivity index (χ4n) is 1.50. The minimum absolute atomic E-state index is 0.349. The molecule has 0 unspecified atom stereocenters. The third-order valence-electron chi connectivity index (χ3n) is 2.21. The van der Waals surface area contributed by atoms with Crippen LogP contribution < -0.4 is 0 Å². The van der Waals surface area contributed by atoms with Crippen molar-refractivity contribution in [3.63, 3.8) is 0 Å².